The van der Waals surface area contributed by atoms with Crippen molar-refractivity contribution in [3.05, 3.63) is 0 Å². The monoisotopic (exact) mass is 243 g/mol. The highest BCUT2D eigenvalue weighted by Gasteiger charge is 2.49. The summed E-state index contributed by atoms with van der Waals surface area (Å²) in [6.45, 7) is 0. The van der Waals surface area contributed by atoms with Crippen LogP contribution < -0.4 is 5.32 Å². The van der Waals surface area contributed by atoms with Gasteiger partial charge in [-0.15, -0.1) is 0 Å². The van der Waals surface area contributed by atoms with Crippen molar-refractivity contribution < 1.29 is 8.42 Å². The van der Waals surface area contributed by atoms with Gasteiger partial charge in [-0.1, -0.05) is 25.7 Å². The van der Waals surface area contributed by atoms with Crippen LogP contribution in [0.25, 0.3) is 0 Å². The highest BCUT2D eigenvalue weighted by atomic mass is 32.2. The molecule has 4 unspecified atom stereocenters. The number of nitrogens with one attached hydrogen (secondary N) is 1. The van der Waals surface area contributed by atoms with Gasteiger partial charge in [0.1, 0.15) is 0 Å². The van der Waals surface area contributed by atoms with Crippen molar-refractivity contribution in [1.29, 1.82) is 0 Å². The summed E-state index contributed by atoms with van der Waals surface area (Å²) in [6, 6.07) is 0.268. The van der Waals surface area contributed by atoms with Gasteiger partial charge >= 0.3 is 0 Å². The van der Waals surface area contributed by atoms with E-state index in [1.54, 1.807) is 0 Å². The molecular formula is C12H21NO2S. The smallest absolute Gasteiger partial charge is 0.167 e. The predicted octanol–water partition coefficient (Wildman–Crippen LogP) is 1.69. The van der Waals surface area contributed by atoms with E-state index in [1.807, 2.05) is 0 Å². The van der Waals surface area contributed by atoms with Gasteiger partial charge in [0, 0.05) is 6.04 Å². The molecule has 92 valence electrons. The molecule has 2 aliphatic carbocycles. The summed E-state index contributed by atoms with van der Waals surface area (Å²) in [6.07, 6.45) is 8.58. The fourth-order valence-corrected chi connectivity index (χ4v) is 6.38. The fourth-order valence-electron chi connectivity index (χ4n) is 4.11. The first-order valence-corrected chi connectivity index (χ1v) is 8.35. The molecule has 0 amide bonds. The lowest BCUT2D eigenvalue weighted by atomic mass is 9.74. The molecule has 4 atom stereocenters. The Balaban J connectivity index is 1.90. The molecule has 4 heteroatoms. The van der Waals surface area contributed by atoms with Crippen molar-refractivity contribution in [3.63, 3.8) is 0 Å². The number of hydrogen-bond acceptors (Lipinski definition) is 3. The van der Waals surface area contributed by atoms with Crippen LogP contribution >= 0.6 is 0 Å². The Morgan fingerprint density at radius 2 is 1.75 bits per heavy atom. The maximum Gasteiger partial charge on any atom is 0.167 e. The third-order valence-corrected chi connectivity index (χ3v) is 6.92. The Hall–Kier alpha value is -0.0900. The van der Waals surface area contributed by atoms with Crippen LogP contribution in [0, 0.1) is 11.8 Å². The van der Waals surface area contributed by atoms with Crippen molar-refractivity contribution in [2.45, 2.75) is 56.2 Å². The standard InChI is InChI=1S/C12H21NO2S/c14-16(15)8-13-11-7-6-9-4-2-1-3-5-10(9)12(11)16/h9-13H,1-8H2. The van der Waals surface area contributed by atoms with Crippen molar-refractivity contribution >= 4 is 9.84 Å². The molecule has 3 fully saturated rings. The van der Waals surface area contributed by atoms with Gasteiger partial charge in [0.15, 0.2) is 9.84 Å². The first-order chi connectivity index (χ1) is 7.68. The zero-order valence-electron chi connectivity index (χ0n) is 9.69. The SMILES string of the molecule is O=S1(=O)CNC2CCC3CCCCCC3C21. The lowest BCUT2D eigenvalue weighted by Gasteiger charge is -2.38. The van der Waals surface area contributed by atoms with E-state index in [1.165, 1.54) is 32.1 Å². The molecule has 3 aliphatic rings. The van der Waals surface area contributed by atoms with Crippen LogP contribution in [0.5, 0.6) is 0 Å². The van der Waals surface area contributed by atoms with Gasteiger partial charge in [0.05, 0.1) is 11.1 Å². The molecule has 3 nitrogen and oxygen atoms in total. The van der Waals surface area contributed by atoms with E-state index in [0.29, 0.717) is 11.8 Å². The molecule has 3 rings (SSSR count). The van der Waals surface area contributed by atoms with E-state index in [9.17, 15) is 8.42 Å². The summed E-state index contributed by atoms with van der Waals surface area (Å²) < 4.78 is 24.2. The Morgan fingerprint density at radius 1 is 0.938 bits per heavy atom. The first-order valence-electron chi connectivity index (χ1n) is 6.63. The molecule has 0 bridgehead atoms. The highest BCUT2D eigenvalue weighted by molar-refractivity contribution is 7.92. The van der Waals surface area contributed by atoms with Gasteiger partial charge in [-0.05, 0) is 31.1 Å². The van der Waals surface area contributed by atoms with Crippen LogP contribution in [0.1, 0.15) is 44.9 Å². The van der Waals surface area contributed by atoms with Crippen molar-refractivity contribution in [2.75, 3.05) is 5.88 Å². The molecule has 1 heterocycles. The zero-order chi connectivity index (χ0) is 11.2. The summed E-state index contributed by atoms with van der Waals surface area (Å²) in [5.74, 6) is 1.38. The number of hydrogen-bond donors (Lipinski definition) is 1. The van der Waals surface area contributed by atoms with Gasteiger partial charge in [-0.3, -0.25) is 5.32 Å². The van der Waals surface area contributed by atoms with Gasteiger partial charge in [-0.25, -0.2) is 8.42 Å². The van der Waals surface area contributed by atoms with Gasteiger partial charge in [0.2, 0.25) is 0 Å². The van der Waals surface area contributed by atoms with E-state index in [-0.39, 0.29) is 17.2 Å². The lowest BCUT2D eigenvalue weighted by molar-refractivity contribution is 0.203. The molecule has 1 aliphatic heterocycles. The molecule has 0 radical (unpaired) electrons. The lowest BCUT2D eigenvalue weighted by Crippen LogP contribution is -2.45. The molecule has 1 N–H and O–H groups in total. The average Bonchev–Trinajstić information content (AvgIpc) is 2.47. The minimum atomic E-state index is -2.84. The Labute approximate surface area is 97.9 Å². The van der Waals surface area contributed by atoms with Crippen LogP contribution in [-0.2, 0) is 9.84 Å². The second-order valence-electron chi connectivity index (χ2n) is 5.72. The van der Waals surface area contributed by atoms with Gasteiger partial charge in [0.25, 0.3) is 0 Å². The predicted molar refractivity (Wildman–Crippen MR) is 63.8 cm³/mol. The van der Waals surface area contributed by atoms with E-state index < -0.39 is 9.84 Å². The van der Waals surface area contributed by atoms with Crippen LogP contribution in [0.15, 0.2) is 0 Å². The summed E-state index contributed by atoms with van der Waals surface area (Å²) in [7, 11) is -2.84. The normalized spacial score (nSPS) is 46.8. The number of fused-ring (bicyclic) bond motifs is 3. The van der Waals surface area contributed by atoms with E-state index in [0.717, 1.165) is 12.8 Å². The maximum atomic E-state index is 12.1. The minimum Gasteiger partial charge on any atom is -0.300 e. The molecule has 1 saturated heterocycles. The van der Waals surface area contributed by atoms with Crippen molar-refractivity contribution in [1.82, 2.24) is 5.32 Å². The molecule has 0 aromatic rings. The Kier molecular flexibility index (Phi) is 2.75. The van der Waals surface area contributed by atoms with E-state index in [2.05, 4.69) is 5.32 Å². The molecule has 16 heavy (non-hydrogen) atoms. The van der Waals surface area contributed by atoms with Crippen molar-refractivity contribution in [3.8, 4) is 0 Å². The van der Waals surface area contributed by atoms with Gasteiger partial charge < -0.3 is 0 Å². The van der Waals surface area contributed by atoms with Crippen LogP contribution in [0.4, 0.5) is 0 Å². The zero-order valence-corrected chi connectivity index (χ0v) is 10.5. The fraction of sp³-hybridized carbons (Fsp3) is 1.00. The second kappa shape index (κ2) is 3.98. The third-order valence-electron chi connectivity index (χ3n) is 4.85. The second-order valence-corrected chi connectivity index (χ2v) is 7.88. The number of rotatable bonds is 0. The van der Waals surface area contributed by atoms with Crippen LogP contribution in [-0.4, -0.2) is 25.6 Å². The summed E-state index contributed by atoms with van der Waals surface area (Å²) in [4.78, 5) is 0. The van der Waals surface area contributed by atoms with Gasteiger partial charge in [-0.2, -0.15) is 0 Å². The quantitative estimate of drug-likeness (QED) is 0.704. The third kappa shape index (κ3) is 1.70. The molecule has 0 aromatic carbocycles. The maximum absolute atomic E-state index is 12.1. The Bertz CT molecular complexity index is 365. The first kappa shape index (κ1) is 11.0. The molecule has 2 saturated carbocycles. The minimum absolute atomic E-state index is 0.0515. The highest BCUT2D eigenvalue weighted by Crippen LogP contribution is 2.44. The summed E-state index contributed by atoms with van der Waals surface area (Å²) >= 11 is 0. The van der Waals surface area contributed by atoms with Crippen LogP contribution in [0.2, 0.25) is 0 Å². The summed E-state index contributed by atoms with van der Waals surface area (Å²) in [5.41, 5.74) is 0. The van der Waals surface area contributed by atoms with Crippen LogP contribution in [0.3, 0.4) is 0 Å². The molecule has 0 spiro atoms. The van der Waals surface area contributed by atoms with E-state index in [4.69, 9.17) is 0 Å². The average molecular weight is 243 g/mol. The number of sulfone groups is 1. The summed E-state index contributed by atoms with van der Waals surface area (Å²) in [5, 5.41) is 3.16. The molecule has 0 aromatic heterocycles. The Morgan fingerprint density at radius 3 is 2.62 bits per heavy atom. The van der Waals surface area contributed by atoms with E-state index >= 15 is 0 Å². The largest absolute Gasteiger partial charge is 0.300 e. The van der Waals surface area contributed by atoms with Crippen molar-refractivity contribution in [2.24, 2.45) is 11.8 Å². The molecular weight excluding hydrogens is 222 g/mol. The topological polar surface area (TPSA) is 46.2 Å².